The van der Waals surface area contributed by atoms with E-state index in [9.17, 15) is 0 Å². The molecule has 0 N–H and O–H groups in total. The lowest BCUT2D eigenvalue weighted by molar-refractivity contribution is 0.799. The van der Waals surface area contributed by atoms with E-state index >= 15 is 0 Å². The average Bonchev–Trinajstić information content (AvgIpc) is 3.66. The first-order valence-corrected chi connectivity index (χ1v) is 21.0. The first kappa shape index (κ1) is 35.0. The molecule has 0 aliphatic carbocycles. The first-order valence-electron chi connectivity index (χ1n) is 21.0. The summed E-state index contributed by atoms with van der Waals surface area (Å²) in [4.78, 5) is 7.67. The number of nitrogens with zero attached hydrogens (tertiary/aromatic N) is 3. The van der Waals surface area contributed by atoms with Crippen LogP contribution < -0.4 is 4.90 Å². The molecule has 12 rings (SSSR count). The summed E-state index contributed by atoms with van der Waals surface area (Å²) >= 11 is 0. The Hall–Kier alpha value is -8.01. The van der Waals surface area contributed by atoms with Crippen LogP contribution >= 0.6 is 0 Å². The van der Waals surface area contributed by atoms with Crippen LogP contribution in [0.15, 0.2) is 231 Å². The average molecular weight is 778 g/mol. The minimum absolute atomic E-state index is 0.0945. The lowest BCUT2D eigenvalue weighted by atomic mass is 9.89. The van der Waals surface area contributed by atoms with Gasteiger partial charge in [-0.2, -0.15) is 0 Å². The van der Waals surface area contributed by atoms with Crippen LogP contribution in [0.1, 0.15) is 17.2 Å². The number of aromatic nitrogens is 2. The van der Waals surface area contributed by atoms with E-state index in [0.717, 1.165) is 22.5 Å². The van der Waals surface area contributed by atoms with Gasteiger partial charge in [-0.15, -0.1) is 0 Å². The Morgan fingerprint density at radius 3 is 1.72 bits per heavy atom. The second kappa shape index (κ2) is 14.4. The van der Waals surface area contributed by atoms with E-state index in [4.69, 9.17) is 4.98 Å². The van der Waals surface area contributed by atoms with Crippen molar-refractivity contribution in [2.24, 2.45) is 0 Å². The van der Waals surface area contributed by atoms with Crippen LogP contribution in [-0.4, -0.2) is 9.55 Å². The van der Waals surface area contributed by atoms with Gasteiger partial charge in [0.1, 0.15) is 0 Å². The summed E-state index contributed by atoms with van der Waals surface area (Å²) in [7, 11) is 0. The van der Waals surface area contributed by atoms with E-state index < -0.39 is 0 Å². The molecule has 1 aliphatic rings. The third-order valence-electron chi connectivity index (χ3n) is 12.4. The van der Waals surface area contributed by atoms with Crippen LogP contribution in [0.25, 0.3) is 88.4 Å². The molecule has 3 nitrogen and oxygen atoms in total. The molecule has 286 valence electrons. The first-order chi connectivity index (χ1) is 30.2. The number of benzene rings is 9. The van der Waals surface area contributed by atoms with Crippen molar-refractivity contribution < 1.29 is 0 Å². The molecule has 2 aromatic heterocycles. The Morgan fingerprint density at radius 1 is 0.393 bits per heavy atom. The number of rotatable bonds is 7. The fourth-order valence-electron chi connectivity index (χ4n) is 9.47. The van der Waals surface area contributed by atoms with Gasteiger partial charge in [0.2, 0.25) is 0 Å². The van der Waals surface area contributed by atoms with Crippen molar-refractivity contribution in [3.63, 3.8) is 0 Å². The van der Waals surface area contributed by atoms with Gasteiger partial charge in [-0.3, -0.25) is 0 Å². The lowest BCUT2D eigenvalue weighted by Gasteiger charge is -2.42. The van der Waals surface area contributed by atoms with Crippen molar-refractivity contribution in [3.8, 4) is 39.2 Å². The van der Waals surface area contributed by atoms with Gasteiger partial charge in [0.05, 0.1) is 28.3 Å². The van der Waals surface area contributed by atoms with Crippen LogP contribution in [0.4, 0.5) is 5.69 Å². The molecule has 61 heavy (non-hydrogen) atoms. The Labute approximate surface area is 354 Å². The Bertz CT molecular complexity index is 3400. The Morgan fingerprint density at radius 2 is 1.00 bits per heavy atom. The fourth-order valence-corrected chi connectivity index (χ4v) is 9.47. The zero-order valence-corrected chi connectivity index (χ0v) is 33.4. The SMILES string of the molecule is C1=C(c2ccc(-n3c4ccccc4c4ccccc43)cc2)N(c2ccccc2)C1c1cccc(-c2ccc3c(ccc4nc(-c5ccccc5)cc(-c5ccccc5)c43)c2)c1. The van der Waals surface area contributed by atoms with E-state index in [1.54, 1.807) is 0 Å². The van der Waals surface area contributed by atoms with Gasteiger partial charge >= 0.3 is 0 Å². The van der Waals surface area contributed by atoms with Crippen molar-refractivity contribution in [1.82, 2.24) is 9.55 Å². The normalized spacial score (nSPS) is 13.8. The maximum atomic E-state index is 5.20. The zero-order valence-electron chi connectivity index (χ0n) is 33.4. The summed E-state index contributed by atoms with van der Waals surface area (Å²) in [6.07, 6.45) is 2.41. The molecule has 0 fully saturated rings. The molecular formula is C58H39N3. The van der Waals surface area contributed by atoms with Crippen LogP contribution in [0.3, 0.4) is 0 Å². The van der Waals surface area contributed by atoms with Crippen LogP contribution in [0.5, 0.6) is 0 Å². The summed E-state index contributed by atoms with van der Waals surface area (Å²) in [6.45, 7) is 0. The number of hydrogen-bond acceptors (Lipinski definition) is 2. The largest absolute Gasteiger partial charge is 0.330 e. The molecule has 0 saturated heterocycles. The number of pyridine rings is 1. The molecular weight excluding hydrogens is 739 g/mol. The molecule has 0 radical (unpaired) electrons. The molecule has 1 unspecified atom stereocenters. The molecule has 0 bridgehead atoms. The third kappa shape index (κ3) is 5.93. The Kier molecular flexibility index (Phi) is 8.24. The van der Waals surface area contributed by atoms with Crippen molar-refractivity contribution in [1.29, 1.82) is 0 Å². The molecule has 9 aromatic carbocycles. The smallest absolute Gasteiger partial charge is 0.0799 e. The molecule has 0 spiro atoms. The summed E-state index contributed by atoms with van der Waals surface area (Å²) in [6, 6.07) is 81.1. The lowest BCUT2D eigenvalue weighted by Crippen LogP contribution is -2.34. The highest BCUT2D eigenvalue weighted by Crippen LogP contribution is 2.46. The van der Waals surface area contributed by atoms with Crippen LogP contribution in [0.2, 0.25) is 0 Å². The van der Waals surface area contributed by atoms with E-state index in [-0.39, 0.29) is 6.04 Å². The van der Waals surface area contributed by atoms with Crippen molar-refractivity contribution >= 4 is 54.9 Å². The number of para-hydroxylation sites is 3. The molecule has 11 aromatic rings. The number of anilines is 1. The number of hydrogen-bond donors (Lipinski definition) is 0. The van der Waals surface area contributed by atoms with Gasteiger partial charge in [0, 0.05) is 38.8 Å². The van der Waals surface area contributed by atoms with Gasteiger partial charge < -0.3 is 9.47 Å². The van der Waals surface area contributed by atoms with Crippen molar-refractivity contribution in [2.75, 3.05) is 4.90 Å². The predicted molar refractivity (Wildman–Crippen MR) is 256 cm³/mol. The van der Waals surface area contributed by atoms with E-state index in [0.29, 0.717) is 0 Å². The highest BCUT2D eigenvalue weighted by Gasteiger charge is 2.32. The van der Waals surface area contributed by atoms with Crippen molar-refractivity contribution in [3.05, 3.63) is 242 Å². The van der Waals surface area contributed by atoms with E-state index in [1.807, 2.05) is 0 Å². The standard InChI is InChI=1S/C58H39N3/c1-4-15-39(16-5-1)51-37-53(40-17-6-2-7-18-40)59-52-34-30-44-35-43(29-33-48(44)58(51)52)42-19-14-20-45(36-42)57-38-56(61(57)46-21-8-3-9-22-46)41-27-31-47(32-28-41)60-54-25-12-10-23-49(54)50-24-11-13-26-55(50)60/h1-38,57H. The van der Waals surface area contributed by atoms with Gasteiger partial charge in [-0.1, -0.05) is 164 Å². The van der Waals surface area contributed by atoms with Gasteiger partial charge in [0.15, 0.2) is 0 Å². The second-order valence-electron chi connectivity index (χ2n) is 15.9. The highest BCUT2D eigenvalue weighted by atomic mass is 15.2. The minimum Gasteiger partial charge on any atom is -0.330 e. The highest BCUT2D eigenvalue weighted by molar-refractivity contribution is 6.14. The van der Waals surface area contributed by atoms with Crippen molar-refractivity contribution in [2.45, 2.75) is 6.04 Å². The quantitative estimate of drug-likeness (QED) is 0.150. The van der Waals surface area contributed by atoms with Crippen LogP contribution in [-0.2, 0) is 0 Å². The Balaban J connectivity index is 0.910. The van der Waals surface area contributed by atoms with Crippen LogP contribution in [0, 0.1) is 0 Å². The van der Waals surface area contributed by atoms with Gasteiger partial charge in [-0.25, -0.2) is 4.98 Å². The summed E-state index contributed by atoms with van der Waals surface area (Å²) in [5.74, 6) is 0. The number of fused-ring (bicyclic) bond motifs is 6. The topological polar surface area (TPSA) is 21.1 Å². The third-order valence-corrected chi connectivity index (χ3v) is 12.4. The summed E-state index contributed by atoms with van der Waals surface area (Å²) < 4.78 is 2.38. The fraction of sp³-hybridized carbons (Fsp3) is 0.0172. The summed E-state index contributed by atoms with van der Waals surface area (Å²) in [5, 5.41) is 6.12. The molecule has 3 heterocycles. The molecule has 1 atom stereocenters. The maximum absolute atomic E-state index is 5.20. The summed E-state index contributed by atoms with van der Waals surface area (Å²) in [5.41, 5.74) is 16.3. The predicted octanol–water partition coefficient (Wildman–Crippen LogP) is 15.1. The zero-order chi connectivity index (χ0) is 40.3. The monoisotopic (exact) mass is 777 g/mol. The molecule has 0 amide bonds. The van der Waals surface area contributed by atoms with E-state index in [2.05, 4.69) is 240 Å². The second-order valence-corrected chi connectivity index (χ2v) is 15.9. The molecule has 1 aliphatic heterocycles. The maximum Gasteiger partial charge on any atom is 0.0799 e. The molecule has 0 saturated carbocycles. The van der Waals surface area contributed by atoms with Gasteiger partial charge in [-0.05, 0) is 111 Å². The van der Waals surface area contributed by atoms with E-state index in [1.165, 1.54) is 82.7 Å². The molecule has 3 heteroatoms. The minimum atomic E-state index is 0.0945. The van der Waals surface area contributed by atoms with Gasteiger partial charge in [0.25, 0.3) is 0 Å².